The molecule has 1 aliphatic rings. The third-order valence-electron chi connectivity index (χ3n) is 6.47. The minimum Gasteiger partial charge on any atom is -0.536 e. The fourth-order valence-electron chi connectivity index (χ4n) is 4.89. The van der Waals surface area contributed by atoms with Crippen LogP contribution in [-0.2, 0) is 0 Å². The fourth-order valence-corrected chi connectivity index (χ4v) is 4.89. The van der Waals surface area contributed by atoms with Crippen LogP contribution in [-0.4, -0.2) is 7.05 Å². The van der Waals surface area contributed by atoms with Crippen LogP contribution in [0, 0.1) is 6.92 Å². The van der Waals surface area contributed by atoms with Crippen molar-refractivity contribution in [3.63, 3.8) is 0 Å². The molecule has 1 aliphatic heterocycles. The number of aryl methyl sites for hydroxylation is 1. The molecule has 1 heterocycles. The van der Waals surface area contributed by atoms with Crippen LogP contribution in [0.5, 0.6) is 5.75 Å². The largest absolute Gasteiger partial charge is 0.536 e. The zero-order valence-corrected chi connectivity index (χ0v) is 19.1. The molecule has 0 N–H and O–H groups in total. The summed E-state index contributed by atoms with van der Waals surface area (Å²) in [6.45, 7) is 2.12. The summed E-state index contributed by atoms with van der Waals surface area (Å²) in [5.41, 5.74) is 9.23. The summed E-state index contributed by atoms with van der Waals surface area (Å²) in [5, 5.41) is 0. The maximum atomic E-state index is 6.84. The second kappa shape index (κ2) is 8.60. The van der Waals surface area contributed by atoms with Crippen LogP contribution in [0.4, 0.5) is 11.4 Å². The first kappa shape index (κ1) is 20.4. The number of para-hydroxylation sites is 2. The molecule has 0 radical (unpaired) electrons. The summed E-state index contributed by atoms with van der Waals surface area (Å²) >= 11 is 0. The highest BCUT2D eigenvalue weighted by Gasteiger charge is 2.43. The van der Waals surface area contributed by atoms with Gasteiger partial charge in [-0.2, -0.15) is 0 Å². The van der Waals surface area contributed by atoms with E-state index in [-0.39, 0.29) is 7.05 Å². The van der Waals surface area contributed by atoms with Crippen LogP contribution in [0.15, 0.2) is 127 Å². The average molecular weight is 437 g/mol. The Morgan fingerprint density at radius 1 is 0.559 bits per heavy atom. The zero-order valence-electron chi connectivity index (χ0n) is 19.1. The summed E-state index contributed by atoms with van der Waals surface area (Å²) in [4.78, 5) is 2.33. The first-order valence-electron chi connectivity index (χ1n) is 11.7. The molecule has 0 fully saturated rings. The molecule has 0 saturated carbocycles. The molecule has 0 bridgehead atoms. The average Bonchev–Trinajstić information content (AvgIpc) is 3.30. The predicted octanol–water partition coefficient (Wildman–Crippen LogP) is 7.25. The van der Waals surface area contributed by atoms with Crippen molar-refractivity contribution in [2.24, 2.45) is 0 Å². The Hall–Kier alpha value is -4.24. The molecule has 0 spiro atoms. The molecule has 5 aromatic carbocycles. The Balaban J connectivity index is 1.64. The Morgan fingerprint density at radius 3 is 1.68 bits per heavy atom. The van der Waals surface area contributed by atoms with E-state index in [0.717, 1.165) is 22.7 Å². The van der Waals surface area contributed by atoms with Gasteiger partial charge >= 0.3 is 7.05 Å². The van der Waals surface area contributed by atoms with Gasteiger partial charge in [-0.25, -0.2) is 0 Å². The summed E-state index contributed by atoms with van der Waals surface area (Å²) < 4.78 is 6.84. The van der Waals surface area contributed by atoms with E-state index < -0.39 is 0 Å². The first-order chi connectivity index (χ1) is 16.8. The minimum atomic E-state index is -0.301. The van der Waals surface area contributed by atoms with Crippen LogP contribution in [0.3, 0.4) is 0 Å². The lowest BCUT2D eigenvalue weighted by Crippen LogP contribution is -2.48. The third kappa shape index (κ3) is 3.46. The van der Waals surface area contributed by atoms with Crippen LogP contribution in [0.25, 0.3) is 22.3 Å². The second-order valence-electron chi connectivity index (χ2n) is 8.60. The van der Waals surface area contributed by atoms with E-state index >= 15 is 0 Å². The van der Waals surface area contributed by atoms with Crippen molar-refractivity contribution in [1.29, 1.82) is 0 Å². The lowest BCUT2D eigenvalue weighted by Gasteiger charge is -2.26. The van der Waals surface area contributed by atoms with Gasteiger partial charge in [-0.15, -0.1) is 0 Å². The quantitative estimate of drug-likeness (QED) is 0.275. The van der Waals surface area contributed by atoms with Gasteiger partial charge in [0.1, 0.15) is 5.75 Å². The van der Waals surface area contributed by atoms with E-state index in [1.807, 2.05) is 0 Å². The number of rotatable bonds is 4. The Kier molecular flexibility index (Phi) is 5.16. The maximum absolute atomic E-state index is 6.84. The van der Waals surface area contributed by atoms with E-state index in [0.29, 0.717) is 0 Å². The van der Waals surface area contributed by atoms with E-state index in [2.05, 4.69) is 139 Å². The van der Waals surface area contributed by atoms with Crippen molar-refractivity contribution < 1.29 is 4.65 Å². The van der Waals surface area contributed by atoms with Crippen LogP contribution < -0.4 is 14.9 Å². The van der Waals surface area contributed by atoms with Crippen molar-refractivity contribution in [3.05, 3.63) is 133 Å². The van der Waals surface area contributed by atoms with Crippen molar-refractivity contribution in [3.8, 4) is 28.0 Å². The van der Waals surface area contributed by atoms with Crippen LogP contribution in [0.2, 0.25) is 0 Å². The van der Waals surface area contributed by atoms with Crippen LogP contribution >= 0.6 is 0 Å². The van der Waals surface area contributed by atoms with Gasteiger partial charge < -0.3 is 9.47 Å². The van der Waals surface area contributed by atoms with Crippen molar-refractivity contribution in [1.82, 2.24) is 0 Å². The molecule has 0 amide bonds. The second-order valence-corrected chi connectivity index (χ2v) is 8.60. The molecule has 6 rings (SSSR count). The standard InChI is InChI=1S/C31H24BNO/c1-23-13-11-22-29-31(23)34-32(33(29)26-18-9-4-10-19-26)30-27(24-14-5-2-6-15-24)20-12-21-28(30)25-16-7-3-8-17-25/h2-22H,1H3. The molecule has 0 aromatic heterocycles. The van der Waals surface area contributed by atoms with E-state index in [1.165, 1.54) is 27.7 Å². The molecular formula is C31H24BNO. The van der Waals surface area contributed by atoms with Crippen molar-refractivity contribution in [2.45, 2.75) is 6.92 Å². The molecule has 0 unspecified atom stereocenters. The van der Waals surface area contributed by atoms with Gasteiger partial charge in [-0.3, -0.25) is 0 Å². The smallest absolute Gasteiger partial charge is 0.525 e. The molecule has 3 heteroatoms. The number of hydrogen-bond acceptors (Lipinski definition) is 2. The zero-order chi connectivity index (χ0) is 22.9. The highest BCUT2D eigenvalue weighted by molar-refractivity contribution is 6.77. The van der Waals surface area contributed by atoms with Gasteiger partial charge in [-0.1, -0.05) is 109 Å². The fraction of sp³-hybridized carbons (Fsp3) is 0.0323. The first-order valence-corrected chi connectivity index (χ1v) is 11.7. The lowest BCUT2D eigenvalue weighted by atomic mass is 9.65. The third-order valence-corrected chi connectivity index (χ3v) is 6.47. The Morgan fingerprint density at radius 2 is 1.09 bits per heavy atom. The van der Waals surface area contributed by atoms with Gasteiger partial charge in [0.25, 0.3) is 0 Å². The molecule has 2 nitrogen and oxygen atoms in total. The van der Waals surface area contributed by atoms with E-state index in [1.54, 1.807) is 0 Å². The normalized spacial score (nSPS) is 12.4. The number of anilines is 2. The SMILES string of the molecule is Cc1cccc2c1OB(c1c(-c3ccccc3)cccc1-c1ccccc1)N2c1ccccc1. The topological polar surface area (TPSA) is 12.5 Å². The molecule has 0 atom stereocenters. The van der Waals surface area contributed by atoms with E-state index in [4.69, 9.17) is 4.65 Å². The monoisotopic (exact) mass is 437 g/mol. The number of benzene rings is 5. The van der Waals surface area contributed by atoms with E-state index in [9.17, 15) is 0 Å². The molecule has 0 aliphatic carbocycles. The van der Waals surface area contributed by atoms with Gasteiger partial charge in [0.2, 0.25) is 0 Å². The lowest BCUT2D eigenvalue weighted by molar-refractivity contribution is 0.598. The molecule has 5 aromatic rings. The van der Waals surface area contributed by atoms with Gasteiger partial charge in [0.15, 0.2) is 0 Å². The summed E-state index contributed by atoms with van der Waals surface area (Å²) in [6, 6.07) is 44.7. The summed E-state index contributed by atoms with van der Waals surface area (Å²) in [7, 11) is -0.301. The minimum absolute atomic E-state index is 0.301. The number of nitrogens with zero attached hydrogens (tertiary/aromatic N) is 1. The van der Waals surface area contributed by atoms with Crippen molar-refractivity contribution in [2.75, 3.05) is 4.81 Å². The molecule has 0 saturated heterocycles. The maximum Gasteiger partial charge on any atom is 0.525 e. The molecule has 34 heavy (non-hydrogen) atoms. The number of fused-ring (bicyclic) bond motifs is 1. The summed E-state index contributed by atoms with van der Waals surface area (Å²) in [6.07, 6.45) is 0. The highest BCUT2D eigenvalue weighted by atomic mass is 16.5. The molecular weight excluding hydrogens is 413 g/mol. The van der Waals surface area contributed by atoms with Gasteiger partial charge in [-0.05, 0) is 52.9 Å². The Bertz CT molecular complexity index is 1380. The Labute approximate surface area is 201 Å². The van der Waals surface area contributed by atoms with Gasteiger partial charge in [0, 0.05) is 11.2 Å². The van der Waals surface area contributed by atoms with Crippen molar-refractivity contribution >= 4 is 23.9 Å². The number of hydrogen-bond donors (Lipinski definition) is 0. The highest BCUT2D eigenvalue weighted by Crippen LogP contribution is 2.43. The molecule has 162 valence electrons. The van der Waals surface area contributed by atoms with Crippen LogP contribution in [0.1, 0.15) is 5.56 Å². The van der Waals surface area contributed by atoms with Gasteiger partial charge in [0.05, 0.1) is 5.69 Å². The predicted molar refractivity (Wildman–Crippen MR) is 143 cm³/mol. The summed E-state index contributed by atoms with van der Waals surface area (Å²) in [5.74, 6) is 0.943.